The van der Waals surface area contributed by atoms with Gasteiger partial charge in [0.1, 0.15) is 12.7 Å². The number of rotatable bonds is 16. The van der Waals surface area contributed by atoms with Gasteiger partial charge >= 0.3 is 0 Å². The van der Waals surface area contributed by atoms with Crippen molar-refractivity contribution in [3.63, 3.8) is 0 Å². The topological polar surface area (TPSA) is 56.3 Å². The van der Waals surface area contributed by atoms with E-state index in [0.717, 1.165) is 86.2 Å². The van der Waals surface area contributed by atoms with Gasteiger partial charge < -0.3 is 19.4 Å². The van der Waals surface area contributed by atoms with Crippen LogP contribution < -0.4 is 0 Å². The molecule has 0 spiro atoms. The minimum atomic E-state index is -0.376. The second-order valence-corrected chi connectivity index (χ2v) is 21.0. The summed E-state index contributed by atoms with van der Waals surface area (Å²) in [6, 6.07) is 60.8. The first kappa shape index (κ1) is 48.8. The summed E-state index contributed by atoms with van der Waals surface area (Å²) in [7, 11) is 0. The second-order valence-electron chi connectivity index (χ2n) is 21.0. The zero-order chi connectivity index (χ0) is 48.2. The van der Waals surface area contributed by atoms with Crippen LogP contribution in [0.15, 0.2) is 170 Å². The van der Waals surface area contributed by atoms with Crippen molar-refractivity contribution in [1.29, 1.82) is 0 Å². The molecule has 4 fully saturated rings. The Hall–Kier alpha value is -5.86. The molecule has 0 bridgehead atoms. The number of benzene rings is 6. The summed E-state index contributed by atoms with van der Waals surface area (Å²) in [5, 5.41) is 0. The van der Waals surface area contributed by atoms with Gasteiger partial charge in [-0.2, -0.15) is 0 Å². The number of carbonyl (C=O) groups is 2. The van der Waals surface area contributed by atoms with Crippen LogP contribution in [-0.4, -0.2) is 96.9 Å². The lowest BCUT2D eigenvalue weighted by Gasteiger charge is -2.45. The van der Waals surface area contributed by atoms with Crippen molar-refractivity contribution in [1.82, 2.24) is 19.6 Å². The molecule has 0 aliphatic carbocycles. The molecule has 71 heavy (non-hydrogen) atoms. The van der Waals surface area contributed by atoms with Crippen molar-refractivity contribution >= 4 is 11.8 Å². The summed E-state index contributed by atoms with van der Waals surface area (Å²) >= 11 is 0. The maximum atomic E-state index is 14.3. The summed E-state index contributed by atoms with van der Waals surface area (Å²) in [6.45, 7) is 8.90. The third-order valence-corrected chi connectivity index (χ3v) is 16.6. The zero-order valence-electron chi connectivity index (χ0n) is 41.8. The molecule has 7 nitrogen and oxygen atoms in total. The van der Waals surface area contributed by atoms with Crippen LogP contribution >= 0.6 is 0 Å². The number of ether oxygens (including phenoxy) is 1. The highest BCUT2D eigenvalue weighted by Crippen LogP contribution is 2.40. The van der Waals surface area contributed by atoms with Crippen molar-refractivity contribution in [2.75, 3.05) is 65.5 Å². The van der Waals surface area contributed by atoms with Gasteiger partial charge in [0.05, 0.1) is 0 Å². The number of carbonyl (C=O) groups excluding carboxylic acids is 2. The standard InChI is InChI=1S/C64H74N4O3/c69-60(66-43-35-55(36-44-66)62(54-21-9-2-10-22-54)68-41-17-6-18-42-68)47-59(52-19-7-1-8-20-52)53-31-27-50(28-32-53)51-29-33-57(34-30-51)63(56-23-11-3-12-24-56)71-48-61(70)67-45-37-64(38-46-67,58-25-13-4-14-26-58)49-65-39-15-5-16-40-65/h1-4,7-14,19-34,55,59,62-63H,5-6,15-18,35-49H2. The highest BCUT2D eigenvalue weighted by atomic mass is 16.5. The molecule has 4 aliphatic rings. The molecule has 4 saturated heterocycles. The molecular formula is C64H74N4O3. The van der Waals surface area contributed by atoms with E-state index in [9.17, 15) is 9.59 Å². The molecule has 0 aromatic heterocycles. The van der Waals surface area contributed by atoms with Crippen LogP contribution in [0.3, 0.4) is 0 Å². The molecule has 6 aromatic carbocycles. The van der Waals surface area contributed by atoms with Gasteiger partial charge in [-0.25, -0.2) is 0 Å². The number of nitrogens with zero attached hydrogens (tertiary/aromatic N) is 4. The number of hydrogen-bond donors (Lipinski definition) is 0. The number of amides is 2. The van der Waals surface area contributed by atoms with E-state index >= 15 is 0 Å². The third kappa shape index (κ3) is 11.9. The lowest BCUT2D eigenvalue weighted by atomic mass is 9.72. The van der Waals surface area contributed by atoms with Gasteiger partial charge in [0.15, 0.2) is 0 Å². The fraction of sp³-hybridized carbons (Fsp3) is 0.406. The van der Waals surface area contributed by atoms with Crippen molar-refractivity contribution in [3.05, 3.63) is 203 Å². The molecule has 0 saturated carbocycles. The van der Waals surface area contributed by atoms with Crippen molar-refractivity contribution in [2.45, 2.75) is 94.1 Å². The van der Waals surface area contributed by atoms with E-state index < -0.39 is 0 Å². The summed E-state index contributed by atoms with van der Waals surface area (Å²) in [4.78, 5) is 37.8. The summed E-state index contributed by atoms with van der Waals surface area (Å²) in [6.07, 6.45) is 11.8. The smallest absolute Gasteiger partial charge is 0.248 e. The number of likely N-dealkylation sites (tertiary alicyclic amines) is 4. The van der Waals surface area contributed by atoms with Gasteiger partial charge in [-0.3, -0.25) is 14.5 Å². The fourth-order valence-corrected chi connectivity index (χ4v) is 12.6. The van der Waals surface area contributed by atoms with E-state index in [-0.39, 0.29) is 35.9 Å². The predicted molar refractivity (Wildman–Crippen MR) is 287 cm³/mol. The highest BCUT2D eigenvalue weighted by molar-refractivity contribution is 5.78. The Kier molecular flexibility index (Phi) is 16.2. The van der Waals surface area contributed by atoms with Crippen LogP contribution in [0.2, 0.25) is 0 Å². The van der Waals surface area contributed by atoms with E-state index in [2.05, 4.69) is 166 Å². The Bertz CT molecular complexity index is 2560. The third-order valence-electron chi connectivity index (χ3n) is 16.6. The minimum Gasteiger partial charge on any atom is -0.359 e. The summed E-state index contributed by atoms with van der Waals surface area (Å²) < 4.78 is 6.62. The first-order valence-corrected chi connectivity index (χ1v) is 27.0. The van der Waals surface area contributed by atoms with Gasteiger partial charge in [0, 0.05) is 56.5 Å². The van der Waals surface area contributed by atoms with Gasteiger partial charge in [-0.15, -0.1) is 0 Å². The predicted octanol–water partition coefficient (Wildman–Crippen LogP) is 12.5. The first-order chi connectivity index (χ1) is 35.0. The Balaban J connectivity index is 0.782. The lowest BCUT2D eigenvalue weighted by molar-refractivity contribution is -0.139. The monoisotopic (exact) mass is 947 g/mol. The molecule has 3 unspecified atom stereocenters. The molecular weight excluding hydrogens is 873 g/mol. The summed E-state index contributed by atoms with van der Waals surface area (Å²) in [5.74, 6) is 0.814. The molecule has 10 rings (SSSR count). The van der Waals surface area contributed by atoms with Crippen LogP contribution in [0, 0.1) is 5.92 Å². The summed E-state index contributed by atoms with van der Waals surface area (Å²) in [5.41, 5.74) is 9.48. The maximum absolute atomic E-state index is 14.3. The molecule has 2 amide bonds. The van der Waals surface area contributed by atoms with Crippen molar-refractivity contribution in [3.8, 4) is 11.1 Å². The Morgan fingerprint density at radius 3 is 1.52 bits per heavy atom. The molecule has 4 heterocycles. The average Bonchev–Trinajstić information content (AvgIpc) is 3.44. The van der Waals surface area contributed by atoms with E-state index in [1.54, 1.807) is 0 Å². The molecule has 6 aromatic rings. The highest BCUT2D eigenvalue weighted by Gasteiger charge is 2.39. The lowest BCUT2D eigenvalue weighted by Crippen LogP contribution is -2.51. The second kappa shape index (κ2) is 23.6. The molecule has 3 atom stereocenters. The molecule has 4 aliphatic heterocycles. The Morgan fingerprint density at radius 1 is 0.479 bits per heavy atom. The van der Waals surface area contributed by atoms with E-state index in [0.29, 0.717) is 18.4 Å². The Morgan fingerprint density at radius 2 is 0.944 bits per heavy atom. The van der Waals surface area contributed by atoms with Gasteiger partial charge in [-0.1, -0.05) is 183 Å². The van der Waals surface area contributed by atoms with Crippen LogP contribution in [-0.2, 0) is 19.7 Å². The largest absolute Gasteiger partial charge is 0.359 e. The Labute approximate surface area is 423 Å². The molecule has 368 valence electrons. The SMILES string of the molecule is O=C(COC(c1ccccc1)c1ccc(-c2ccc(C(CC(=O)N3CCC(C(c4ccccc4)N4CCCCC4)CC3)c3ccccc3)cc2)cc1)N1CCC(CN2CCCCC2)(c2ccccc2)CC1. The first-order valence-electron chi connectivity index (χ1n) is 27.0. The van der Waals surface area contributed by atoms with Crippen LogP contribution in [0.5, 0.6) is 0 Å². The van der Waals surface area contributed by atoms with Crippen LogP contribution in [0.1, 0.15) is 122 Å². The zero-order valence-corrected chi connectivity index (χ0v) is 41.8. The van der Waals surface area contributed by atoms with Gasteiger partial charge in [0.2, 0.25) is 11.8 Å². The van der Waals surface area contributed by atoms with E-state index in [1.807, 2.05) is 23.1 Å². The van der Waals surface area contributed by atoms with Crippen LogP contribution in [0.4, 0.5) is 0 Å². The van der Waals surface area contributed by atoms with Crippen molar-refractivity contribution < 1.29 is 14.3 Å². The van der Waals surface area contributed by atoms with Gasteiger partial charge in [0.25, 0.3) is 0 Å². The molecule has 0 radical (unpaired) electrons. The van der Waals surface area contributed by atoms with Crippen LogP contribution in [0.25, 0.3) is 11.1 Å². The number of hydrogen-bond acceptors (Lipinski definition) is 5. The number of piperidine rings is 4. The minimum absolute atomic E-state index is 0.0318. The van der Waals surface area contributed by atoms with Crippen molar-refractivity contribution in [2.24, 2.45) is 5.92 Å². The molecule has 0 N–H and O–H groups in total. The average molecular weight is 947 g/mol. The normalized spacial score (nSPS) is 19.4. The maximum Gasteiger partial charge on any atom is 0.248 e. The fourth-order valence-electron chi connectivity index (χ4n) is 12.6. The quantitative estimate of drug-likeness (QED) is 0.0968. The molecule has 7 heteroatoms. The van der Waals surface area contributed by atoms with E-state index in [4.69, 9.17) is 4.74 Å². The van der Waals surface area contributed by atoms with Gasteiger partial charge in [-0.05, 0) is 128 Å². The van der Waals surface area contributed by atoms with E-state index in [1.165, 1.54) is 81.4 Å².